The molecule has 0 aliphatic heterocycles. The Hall–Kier alpha value is -0.980. The van der Waals surface area contributed by atoms with Crippen molar-refractivity contribution in [1.29, 1.82) is 0 Å². The highest BCUT2D eigenvalue weighted by molar-refractivity contribution is 5.26. The van der Waals surface area contributed by atoms with Gasteiger partial charge in [-0.15, -0.1) is 0 Å². The predicted molar refractivity (Wildman–Crippen MR) is 72.5 cm³/mol. The molecule has 1 heteroatoms. The quantitative estimate of drug-likeness (QED) is 0.667. The molecule has 1 aliphatic rings. The van der Waals surface area contributed by atoms with Gasteiger partial charge in [0.15, 0.2) is 0 Å². The number of aryl methyl sites for hydroxylation is 1. The molecule has 0 spiro atoms. The Morgan fingerprint density at radius 2 is 1.76 bits per heavy atom. The molecule has 1 aromatic carbocycles. The lowest BCUT2D eigenvalue weighted by Crippen LogP contribution is -2.08. The second-order valence-corrected chi connectivity index (χ2v) is 5.31. The molecule has 0 N–H and O–H groups in total. The second kappa shape index (κ2) is 6.68. The minimum atomic E-state index is 0.875. The lowest BCUT2D eigenvalue weighted by atomic mass is 9.86. The van der Waals surface area contributed by atoms with Crippen LogP contribution < -0.4 is 4.74 Å². The van der Waals surface area contributed by atoms with E-state index in [9.17, 15) is 0 Å². The third-order valence-corrected chi connectivity index (χ3v) is 3.77. The Balaban J connectivity index is 1.60. The molecule has 0 aromatic heterocycles. The third kappa shape index (κ3) is 4.41. The third-order valence-electron chi connectivity index (χ3n) is 3.77. The van der Waals surface area contributed by atoms with Crippen LogP contribution >= 0.6 is 0 Å². The van der Waals surface area contributed by atoms with Crippen LogP contribution in [0.3, 0.4) is 0 Å². The van der Waals surface area contributed by atoms with Crippen LogP contribution in [0.4, 0.5) is 0 Å². The Morgan fingerprint density at radius 3 is 2.47 bits per heavy atom. The summed E-state index contributed by atoms with van der Waals surface area (Å²) in [7, 11) is 0. The van der Waals surface area contributed by atoms with Gasteiger partial charge in [0.1, 0.15) is 5.75 Å². The van der Waals surface area contributed by atoms with Crippen LogP contribution in [0.5, 0.6) is 5.75 Å². The van der Waals surface area contributed by atoms with Crippen LogP contribution in [0, 0.1) is 12.8 Å². The van der Waals surface area contributed by atoms with Gasteiger partial charge in [-0.25, -0.2) is 0 Å². The Bertz CT molecular complexity index is 309. The largest absolute Gasteiger partial charge is 0.494 e. The second-order valence-electron chi connectivity index (χ2n) is 5.31. The van der Waals surface area contributed by atoms with Crippen LogP contribution in [0.1, 0.15) is 50.5 Å². The maximum Gasteiger partial charge on any atom is 0.119 e. The fourth-order valence-electron chi connectivity index (χ4n) is 2.67. The van der Waals surface area contributed by atoms with Gasteiger partial charge in [0.2, 0.25) is 0 Å². The first-order chi connectivity index (χ1) is 8.34. The summed E-state index contributed by atoms with van der Waals surface area (Å²) in [5.41, 5.74) is 1.29. The van der Waals surface area contributed by atoms with Crippen molar-refractivity contribution in [2.75, 3.05) is 6.61 Å². The zero-order valence-corrected chi connectivity index (χ0v) is 11.0. The molecule has 1 nitrogen and oxygen atoms in total. The first-order valence-electron chi connectivity index (χ1n) is 7.04. The SMILES string of the molecule is Cc1ccc(OCCCC2CCCCC2)cc1. The summed E-state index contributed by atoms with van der Waals surface area (Å²) in [5, 5.41) is 0. The van der Waals surface area contributed by atoms with Gasteiger partial charge in [0, 0.05) is 0 Å². The number of rotatable bonds is 5. The molecule has 1 fully saturated rings. The molecular formula is C16H24O. The van der Waals surface area contributed by atoms with E-state index in [0.717, 1.165) is 18.3 Å². The smallest absolute Gasteiger partial charge is 0.119 e. The molecule has 0 amide bonds. The van der Waals surface area contributed by atoms with Crippen LogP contribution in [0.2, 0.25) is 0 Å². The minimum absolute atomic E-state index is 0.875. The monoisotopic (exact) mass is 232 g/mol. The molecule has 94 valence electrons. The van der Waals surface area contributed by atoms with Crippen molar-refractivity contribution in [3.8, 4) is 5.75 Å². The molecule has 0 saturated heterocycles. The van der Waals surface area contributed by atoms with Crippen LogP contribution in [-0.2, 0) is 0 Å². The van der Waals surface area contributed by atoms with Gasteiger partial charge in [-0.05, 0) is 37.8 Å². The summed E-state index contributed by atoms with van der Waals surface area (Å²) in [6.45, 7) is 2.98. The van der Waals surface area contributed by atoms with Gasteiger partial charge >= 0.3 is 0 Å². The molecule has 2 rings (SSSR count). The van der Waals surface area contributed by atoms with E-state index in [0.29, 0.717) is 0 Å². The van der Waals surface area contributed by atoms with Crippen molar-refractivity contribution in [3.05, 3.63) is 29.8 Å². The van der Waals surface area contributed by atoms with E-state index in [-0.39, 0.29) is 0 Å². The Kier molecular flexibility index (Phi) is 4.90. The fraction of sp³-hybridized carbons (Fsp3) is 0.625. The zero-order chi connectivity index (χ0) is 11.9. The first kappa shape index (κ1) is 12.5. The molecule has 0 bridgehead atoms. The highest BCUT2D eigenvalue weighted by Gasteiger charge is 2.12. The average molecular weight is 232 g/mol. The zero-order valence-electron chi connectivity index (χ0n) is 11.0. The topological polar surface area (TPSA) is 9.23 Å². The van der Waals surface area contributed by atoms with Crippen molar-refractivity contribution < 1.29 is 4.74 Å². The molecule has 1 aromatic rings. The minimum Gasteiger partial charge on any atom is -0.494 e. The Morgan fingerprint density at radius 1 is 1.06 bits per heavy atom. The van der Waals surface area contributed by atoms with E-state index in [2.05, 4.69) is 31.2 Å². The van der Waals surface area contributed by atoms with Crippen molar-refractivity contribution in [2.45, 2.75) is 51.9 Å². The van der Waals surface area contributed by atoms with E-state index in [1.54, 1.807) is 0 Å². The summed E-state index contributed by atoms with van der Waals surface area (Å²) in [6, 6.07) is 8.35. The van der Waals surface area contributed by atoms with Crippen molar-refractivity contribution in [1.82, 2.24) is 0 Å². The number of hydrogen-bond donors (Lipinski definition) is 0. The van der Waals surface area contributed by atoms with E-state index in [1.807, 2.05) is 0 Å². The van der Waals surface area contributed by atoms with Crippen LogP contribution in [0.25, 0.3) is 0 Å². The van der Waals surface area contributed by atoms with Crippen LogP contribution in [0.15, 0.2) is 24.3 Å². The van der Waals surface area contributed by atoms with Crippen molar-refractivity contribution in [3.63, 3.8) is 0 Å². The van der Waals surface area contributed by atoms with Gasteiger partial charge in [0.25, 0.3) is 0 Å². The molecule has 0 unspecified atom stereocenters. The molecule has 0 heterocycles. The lowest BCUT2D eigenvalue weighted by molar-refractivity contribution is 0.269. The summed E-state index contributed by atoms with van der Waals surface area (Å²) in [4.78, 5) is 0. The fourth-order valence-corrected chi connectivity index (χ4v) is 2.67. The first-order valence-corrected chi connectivity index (χ1v) is 7.04. The van der Waals surface area contributed by atoms with Crippen LogP contribution in [-0.4, -0.2) is 6.61 Å². The normalized spacial score (nSPS) is 17.0. The molecule has 1 saturated carbocycles. The molecule has 17 heavy (non-hydrogen) atoms. The van der Waals surface area contributed by atoms with E-state index >= 15 is 0 Å². The van der Waals surface area contributed by atoms with Gasteiger partial charge in [-0.3, -0.25) is 0 Å². The summed E-state index contributed by atoms with van der Waals surface area (Å²) in [6.07, 6.45) is 9.81. The van der Waals surface area contributed by atoms with Gasteiger partial charge < -0.3 is 4.74 Å². The number of ether oxygens (including phenoxy) is 1. The molecule has 0 atom stereocenters. The standard InChI is InChI=1S/C16H24O/c1-14-9-11-16(12-10-14)17-13-5-8-15-6-3-2-4-7-15/h9-12,15H,2-8,13H2,1H3. The highest BCUT2D eigenvalue weighted by Crippen LogP contribution is 2.27. The summed E-state index contributed by atoms with van der Waals surface area (Å²) in [5.74, 6) is 1.99. The molecule has 1 aliphatic carbocycles. The molecular weight excluding hydrogens is 208 g/mol. The van der Waals surface area contributed by atoms with Gasteiger partial charge in [0.05, 0.1) is 6.61 Å². The van der Waals surface area contributed by atoms with Crippen molar-refractivity contribution >= 4 is 0 Å². The average Bonchev–Trinajstić information content (AvgIpc) is 2.38. The lowest BCUT2D eigenvalue weighted by Gasteiger charge is -2.21. The van der Waals surface area contributed by atoms with Crippen molar-refractivity contribution in [2.24, 2.45) is 5.92 Å². The molecule has 0 radical (unpaired) electrons. The van der Waals surface area contributed by atoms with E-state index in [1.165, 1.54) is 50.5 Å². The number of benzene rings is 1. The van der Waals surface area contributed by atoms with Gasteiger partial charge in [-0.2, -0.15) is 0 Å². The maximum absolute atomic E-state index is 5.75. The van der Waals surface area contributed by atoms with Gasteiger partial charge in [-0.1, -0.05) is 49.8 Å². The summed E-state index contributed by atoms with van der Waals surface area (Å²) < 4.78 is 5.75. The number of hydrogen-bond acceptors (Lipinski definition) is 1. The van der Waals surface area contributed by atoms with E-state index < -0.39 is 0 Å². The van der Waals surface area contributed by atoms with E-state index in [4.69, 9.17) is 4.74 Å². The Labute approximate surface area is 105 Å². The highest BCUT2D eigenvalue weighted by atomic mass is 16.5. The summed E-state index contributed by atoms with van der Waals surface area (Å²) >= 11 is 0. The predicted octanol–water partition coefficient (Wildman–Crippen LogP) is 4.73. The maximum atomic E-state index is 5.75.